The molecular weight excluding hydrogens is 310 g/mol. The Bertz CT molecular complexity index is 649. The third-order valence-corrected chi connectivity index (χ3v) is 3.69. The number of benzene rings is 3. The van der Waals surface area contributed by atoms with E-state index in [1.807, 2.05) is 0 Å². The second kappa shape index (κ2) is 9.93. The highest BCUT2D eigenvalue weighted by Gasteiger charge is 2.15. The number of nitrogens with two attached hydrogens (primary N) is 1. The Morgan fingerprint density at radius 1 is 0.760 bits per heavy atom. The van der Waals surface area contributed by atoms with Crippen molar-refractivity contribution in [3.63, 3.8) is 0 Å². The molecule has 0 saturated heterocycles. The van der Waals surface area contributed by atoms with Crippen LogP contribution in [0.2, 0.25) is 0 Å². The van der Waals surface area contributed by atoms with E-state index in [4.69, 9.17) is 0 Å². The minimum absolute atomic E-state index is 0.309. The summed E-state index contributed by atoms with van der Waals surface area (Å²) in [5, 5.41) is 0. The van der Waals surface area contributed by atoms with Crippen molar-refractivity contribution < 1.29 is 9.53 Å². The Morgan fingerprint density at radius 2 is 1.08 bits per heavy atom. The smallest absolute Gasteiger partial charge is 0.404 e. The zero-order valence-electron chi connectivity index (χ0n) is 14.3. The number of hydrogen-bond acceptors (Lipinski definition) is 2. The highest BCUT2D eigenvalue weighted by atomic mass is 16.5. The fourth-order valence-corrected chi connectivity index (χ4v) is 2.66. The molecule has 1 amide bonds. The molecule has 0 aliphatic rings. The molecule has 3 aromatic carbocycles. The van der Waals surface area contributed by atoms with Gasteiger partial charge in [-0.15, -0.1) is 0 Å². The molecule has 0 aliphatic carbocycles. The van der Waals surface area contributed by atoms with Crippen LogP contribution < -0.4 is 5.73 Å². The van der Waals surface area contributed by atoms with Gasteiger partial charge < -0.3 is 10.5 Å². The minimum atomic E-state index is -0.711. The SMILES string of the molecule is CCOC(N)=O.c1ccc(C(c2ccccc2)c2ccccc2)cc1. The van der Waals surface area contributed by atoms with Gasteiger partial charge in [0, 0.05) is 5.92 Å². The van der Waals surface area contributed by atoms with Crippen LogP contribution in [0.4, 0.5) is 4.79 Å². The Labute approximate surface area is 149 Å². The largest absolute Gasteiger partial charge is 0.450 e. The van der Waals surface area contributed by atoms with Crippen molar-refractivity contribution in [2.75, 3.05) is 6.61 Å². The number of hydrogen-bond donors (Lipinski definition) is 1. The van der Waals surface area contributed by atoms with Gasteiger partial charge >= 0.3 is 6.09 Å². The lowest BCUT2D eigenvalue weighted by Gasteiger charge is -2.18. The normalized spacial score (nSPS) is 9.84. The van der Waals surface area contributed by atoms with E-state index in [2.05, 4.69) is 101 Å². The lowest BCUT2D eigenvalue weighted by atomic mass is 9.85. The van der Waals surface area contributed by atoms with Gasteiger partial charge in [0.15, 0.2) is 0 Å². The molecule has 128 valence electrons. The maximum Gasteiger partial charge on any atom is 0.404 e. The molecule has 3 aromatic rings. The van der Waals surface area contributed by atoms with Crippen LogP contribution in [0, 0.1) is 0 Å². The standard InChI is InChI=1S/C19H16.C3H7NO2/c1-4-10-16(11-5-1)19(17-12-6-2-7-13-17)18-14-8-3-9-15-18;1-2-6-3(4)5/h1-15,19H;2H2,1H3,(H2,4,5). The molecular formula is C22H23NO2. The Hall–Kier alpha value is -3.07. The lowest BCUT2D eigenvalue weighted by molar-refractivity contribution is 0.163. The Balaban J connectivity index is 0.000000326. The van der Waals surface area contributed by atoms with Gasteiger partial charge in [-0.2, -0.15) is 0 Å². The summed E-state index contributed by atoms with van der Waals surface area (Å²) in [6.45, 7) is 2.06. The van der Waals surface area contributed by atoms with E-state index in [-0.39, 0.29) is 0 Å². The quantitative estimate of drug-likeness (QED) is 0.685. The summed E-state index contributed by atoms with van der Waals surface area (Å²) in [6, 6.07) is 32.0. The molecule has 2 N–H and O–H groups in total. The van der Waals surface area contributed by atoms with E-state index in [0.717, 1.165) is 0 Å². The summed E-state index contributed by atoms with van der Waals surface area (Å²) >= 11 is 0. The number of amides is 1. The third-order valence-electron chi connectivity index (χ3n) is 3.69. The van der Waals surface area contributed by atoms with E-state index in [1.54, 1.807) is 6.92 Å². The van der Waals surface area contributed by atoms with E-state index in [1.165, 1.54) is 16.7 Å². The van der Waals surface area contributed by atoms with E-state index >= 15 is 0 Å². The first-order chi connectivity index (χ1) is 12.2. The highest BCUT2D eigenvalue weighted by molar-refractivity contribution is 5.64. The molecule has 25 heavy (non-hydrogen) atoms. The van der Waals surface area contributed by atoms with Crippen molar-refractivity contribution in [1.29, 1.82) is 0 Å². The molecule has 3 heteroatoms. The zero-order valence-corrected chi connectivity index (χ0v) is 14.3. The first kappa shape index (κ1) is 18.3. The average molecular weight is 333 g/mol. The first-order valence-corrected chi connectivity index (χ1v) is 8.29. The summed E-state index contributed by atoms with van der Waals surface area (Å²) in [4.78, 5) is 9.60. The van der Waals surface area contributed by atoms with Crippen LogP contribution in [0.3, 0.4) is 0 Å². The second-order valence-electron chi connectivity index (χ2n) is 5.42. The van der Waals surface area contributed by atoms with Gasteiger partial charge in [-0.3, -0.25) is 0 Å². The summed E-state index contributed by atoms with van der Waals surface area (Å²) < 4.78 is 4.18. The molecule has 3 rings (SSSR count). The van der Waals surface area contributed by atoms with Gasteiger partial charge in [0.25, 0.3) is 0 Å². The van der Waals surface area contributed by atoms with Gasteiger partial charge in [-0.25, -0.2) is 4.79 Å². The average Bonchev–Trinajstić information content (AvgIpc) is 2.65. The van der Waals surface area contributed by atoms with Crippen LogP contribution >= 0.6 is 0 Å². The van der Waals surface area contributed by atoms with Crippen LogP contribution in [-0.4, -0.2) is 12.7 Å². The Kier molecular flexibility index (Phi) is 7.26. The summed E-state index contributed by atoms with van der Waals surface area (Å²) in [7, 11) is 0. The molecule has 0 spiro atoms. The van der Waals surface area contributed by atoms with Gasteiger partial charge in [0.2, 0.25) is 0 Å². The van der Waals surface area contributed by atoms with Crippen molar-refractivity contribution in [3.05, 3.63) is 108 Å². The summed E-state index contributed by atoms with van der Waals surface area (Å²) in [5.74, 6) is 0.309. The Morgan fingerprint density at radius 3 is 1.28 bits per heavy atom. The maximum absolute atomic E-state index is 9.60. The summed E-state index contributed by atoms with van der Waals surface area (Å²) in [5.41, 5.74) is 8.54. The predicted octanol–water partition coefficient (Wildman–Crippen LogP) is 4.97. The number of carbonyl (C=O) groups is 1. The molecule has 0 atom stereocenters. The fraction of sp³-hybridized carbons (Fsp3) is 0.136. The van der Waals surface area contributed by atoms with Crippen LogP contribution in [0.25, 0.3) is 0 Å². The maximum atomic E-state index is 9.60. The van der Waals surface area contributed by atoms with E-state index in [0.29, 0.717) is 12.5 Å². The van der Waals surface area contributed by atoms with Crippen molar-refractivity contribution >= 4 is 6.09 Å². The molecule has 0 heterocycles. The minimum Gasteiger partial charge on any atom is -0.450 e. The van der Waals surface area contributed by atoms with Crippen molar-refractivity contribution in [3.8, 4) is 0 Å². The fourth-order valence-electron chi connectivity index (χ4n) is 2.66. The molecule has 0 unspecified atom stereocenters. The van der Waals surface area contributed by atoms with Gasteiger partial charge in [0.05, 0.1) is 6.61 Å². The summed E-state index contributed by atoms with van der Waals surface area (Å²) in [6.07, 6.45) is -0.711. The molecule has 0 saturated carbocycles. The zero-order chi connectivity index (χ0) is 17.9. The van der Waals surface area contributed by atoms with Gasteiger partial charge in [-0.1, -0.05) is 91.0 Å². The molecule has 0 bridgehead atoms. The van der Waals surface area contributed by atoms with Gasteiger partial charge in [-0.05, 0) is 23.6 Å². The second-order valence-corrected chi connectivity index (χ2v) is 5.42. The van der Waals surface area contributed by atoms with Crippen molar-refractivity contribution in [2.45, 2.75) is 12.8 Å². The van der Waals surface area contributed by atoms with Crippen molar-refractivity contribution in [2.24, 2.45) is 5.73 Å². The van der Waals surface area contributed by atoms with Crippen LogP contribution in [0.5, 0.6) is 0 Å². The van der Waals surface area contributed by atoms with Crippen LogP contribution in [0.15, 0.2) is 91.0 Å². The highest BCUT2D eigenvalue weighted by Crippen LogP contribution is 2.31. The predicted molar refractivity (Wildman–Crippen MR) is 101 cm³/mol. The lowest BCUT2D eigenvalue weighted by Crippen LogP contribution is -2.11. The van der Waals surface area contributed by atoms with Crippen molar-refractivity contribution in [1.82, 2.24) is 0 Å². The number of carbonyl (C=O) groups excluding carboxylic acids is 1. The molecule has 0 radical (unpaired) electrons. The van der Waals surface area contributed by atoms with Crippen LogP contribution in [-0.2, 0) is 4.74 Å². The monoisotopic (exact) mass is 333 g/mol. The molecule has 0 fully saturated rings. The van der Waals surface area contributed by atoms with Crippen LogP contribution in [0.1, 0.15) is 29.5 Å². The number of ether oxygens (including phenoxy) is 1. The van der Waals surface area contributed by atoms with E-state index < -0.39 is 6.09 Å². The number of rotatable bonds is 4. The number of primary amides is 1. The topological polar surface area (TPSA) is 52.3 Å². The molecule has 0 aliphatic heterocycles. The molecule has 0 aromatic heterocycles. The third kappa shape index (κ3) is 5.81. The van der Waals surface area contributed by atoms with E-state index in [9.17, 15) is 4.79 Å². The van der Waals surface area contributed by atoms with Gasteiger partial charge in [0.1, 0.15) is 0 Å². The molecule has 3 nitrogen and oxygen atoms in total. The first-order valence-electron chi connectivity index (χ1n) is 8.29.